The van der Waals surface area contributed by atoms with Crippen LogP contribution in [0.1, 0.15) is 25.7 Å². The molecule has 2 aliphatic carbocycles. The molecule has 2 aromatic rings. The average molecular weight is 365 g/mol. The third kappa shape index (κ3) is 3.22. The maximum Gasteiger partial charge on any atom is 0.233 e. The molecule has 3 aliphatic rings. The number of nitrogens with zero attached hydrogens (tertiary/aromatic N) is 5. The number of piperidine rings is 1. The van der Waals surface area contributed by atoms with Gasteiger partial charge in [0.05, 0.1) is 0 Å². The summed E-state index contributed by atoms with van der Waals surface area (Å²) in [6.45, 7) is 1.53. The number of carbonyl (C=O) groups excluding carboxylic acids is 1. The molecular weight excluding hydrogens is 342 g/mol. The second-order valence-corrected chi connectivity index (χ2v) is 7.71. The van der Waals surface area contributed by atoms with Crippen LogP contribution in [0.3, 0.4) is 0 Å². The predicted octanol–water partition coefficient (Wildman–Crippen LogP) is 2.24. The number of amides is 1. The molecule has 2 aromatic heterocycles. The van der Waals surface area contributed by atoms with Crippen molar-refractivity contribution < 1.29 is 9.53 Å². The van der Waals surface area contributed by atoms with E-state index in [1.807, 2.05) is 29.3 Å². The van der Waals surface area contributed by atoms with Crippen LogP contribution in [-0.2, 0) is 4.79 Å². The monoisotopic (exact) mass is 365 g/mol. The van der Waals surface area contributed by atoms with E-state index in [-0.39, 0.29) is 12.0 Å². The second kappa shape index (κ2) is 6.79. The van der Waals surface area contributed by atoms with Gasteiger partial charge in [-0.2, -0.15) is 5.10 Å². The van der Waals surface area contributed by atoms with Crippen molar-refractivity contribution in [1.29, 1.82) is 0 Å². The summed E-state index contributed by atoms with van der Waals surface area (Å²) in [7, 11) is 0. The number of aromatic nitrogens is 4. The smallest absolute Gasteiger partial charge is 0.233 e. The van der Waals surface area contributed by atoms with Crippen LogP contribution in [0.25, 0.3) is 5.82 Å². The van der Waals surface area contributed by atoms with E-state index < -0.39 is 0 Å². The van der Waals surface area contributed by atoms with Crippen molar-refractivity contribution in [2.24, 2.45) is 17.8 Å². The van der Waals surface area contributed by atoms with Crippen molar-refractivity contribution in [1.82, 2.24) is 24.9 Å². The zero-order valence-electron chi connectivity index (χ0n) is 15.1. The molecule has 3 heterocycles. The lowest BCUT2D eigenvalue weighted by Gasteiger charge is -2.34. The van der Waals surface area contributed by atoms with Gasteiger partial charge in [-0.25, -0.2) is 4.68 Å². The van der Waals surface area contributed by atoms with E-state index in [4.69, 9.17) is 4.74 Å². The summed E-state index contributed by atoms with van der Waals surface area (Å²) in [6, 6.07) is 5.51. The van der Waals surface area contributed by atoms with Gasteiger partial charge in [0.2, 0.25) is 11.8 Å². The van der Waals surface area contributed by atoms with Crippen LogP contribution in [0.5, 0.6) is 5.88 Å². The van der Waals surface area contributed by atoms with Crippen molar-refractivity contribution in [3.05, 3.63) is 42.7 Å². The highest BCUT2D eigenvalue weighted by molar-refractivity contribution is 5.80. The SMILES string of the molecule is O=C(C1CC2C=CC1C2)N1CCC(Oc2ccc(-n3cccn3)nn2)CC1. The Bertz CT molecular complexity index is 825. The van der Waals surface area contributed by atoms with Crippen molar-refractivity contribution in [3.63, 3.8) is 0 Å². The molecule has 1 saturated heterocycles. The van der Waals surface area contributed by atoms with Crippen molar-refractivity contribution in [2.75, 3.05) is 13.1 Å². The molecule has 0 spiro atoms. The summed E-state index contributed by atoms with van der Waals surface area (Å²) in [5, 5.41) is 12.4. The maximum atomic E-state index is 12.8. The molecule has 5 rings (SSSR count). The molecule has 1 aliphatic heterocycles. The van der Waals surface area contributed by atoms with Gasteiger partial charge in [-0.05, 0) is 36.8 Å². The fraction of sp³-hybridized carbons (Fsp3) is 0.500. The van der Waals surface area contributed by atoms with Crippen LogP contribution in [-0.4, -0.2) is 50.0 Å². The van der Waals surface area contributed by atoms with Crippen LogP contribution >= 0.6 is 0 Å². The number of hydrogen-bond donors (Lipinski definition) is 0. The standard InChI is InChI=1S/C20H23N5O2/c26-20(17-13-14-2-3-15(17)12-14)24-10-6-16(7-11-24)27-19-5-4-18(22-23-19)25-9-1-8-21-25/h1-5,8-9,14-17H,6-7,10-13H2. The van der Waals surface area contributed by atoms with E-state index in [1.54, 1.807) is 10.9 Å². The summed E-state index contributed by atoms with van der Waals surface area (Å²) in [6.07, 6.45) is 12.0. The Morgan fingerprint density at radius 3 is 2.63 bits per heavy atom. The normalized spacial score (nSPS) is 27.3. The number of allylic oxidation sites excluding steroid dienone is 2. The van der Waals surface area contributed by atoms with E-state index in [0.717, 1.165) is 32.4 Å². The highest BCUT2D eigenvalue weighted by atomic mass is 16.5. The molecule has 1 saturated carbocycles. The second-order valence-electron chi connectivity index (χ2n) is 7.71. The van der Waals surface area contributed by atoms with Crippen molar-refractivity contribution in [3.8, 4) is 11.7 Å². The molecule has 1 amide bonds. The number of carbonyl (C=O) groups is 1. The minimum absolute atomic E-state index is 0.0822. The van der Waals surface area contributed by atoms with Gasteiger partial charge in [0.15, 0.2) is 5.82 Å². The summed E-state index contributed by atoms with van der Waals surface area (Å²) >= 11 is 0. The Hall–Kier alpha value is -2.70. The van der Waals surface area contributed by atoms with E-state index >= 15 is 0 Å². The third-order valence-electron chi connectivity index (χ3n) is 6.00. The van der Waals surface area contributed by atoms with Crippen LogP contribution in [0.4, 0.5) is 0 Å². The average Bonchev–Trinajstić information content (AvgIpc) is 3.47. The fourth-order valence-corrected chi connectivity index (χ4v) is 4.57. The number of ether oxygens (including phenoxy) is 1. The fourth-order valence-electron chi connectivity index (χ4n) is 4.57. The third-order valence-corrected chi connectivity index (χ3v) is 6.00. The molecule has 3 unspecified atom stereocenters. The van der Waals surface area contributed by atoms with Crippen molar-refractivity contribution >= 4 is 5.91 Å². The Labute approximate surface area is 158 Å². The van der Waals surface area contributed by atoms with E-state index in [9.17, 15) is 4.79 Å². The lowest BCUT2D eigenvalue weighted by molar-refractivity contribution is -0.138. The molecule has 2 fully saturated rings. The number of hydrogen-bond acceptors (Lipinski definition) is 5. The van der Waals surface area contributed by atoms with E-state index in [2.05, 4.69) is 27.4 Å². The molecule has 27 heavy (non-hydrogen) atoms. The topological polar surface area (TPSA) is 73.1 Å². The van der Waals surface area contributed by atoms with Gasteiger partial charge < -0.3 is 9.64 Å². The zero-order chi connectivity index (χ0) is 18.2. The number of fused-ring (bicyclic) bond motifs is 2. The first-order valence-electron chi connectivity index (χ1n) is 9.74. The van der Waals surface area contributed by atoms with Gasteiger partial charge in [0, 0.05) is 50.3 Å². The minimum atomic E-state index is 0.0822. The number of rotatable bonds is 4. The van der Waals surface area contributed by atoms with Crippen LogP contribution in [0.15, 0.2) is 42.7 Å². The Morgan fingerprint density at radius 2 is 2.00 bits per heavy atom. The van der Waals surface area contributed by atoms with Gasteiger partial charge in [0.1, 0.15) is 6.10 Å². The Balaban J connectivity index is 1.14. The predicted molar refractivity (Wildman–Crippen MR) is 98.2 cm³/mol. The molecular formula is C20H23N5O2. The first kappa shape index (κ1) is 16.5. The van der Waals surface area contributed by atoms with Gasteiger partial charge >= 0.3 is 0 Å². The van der Waals surface area contributed by atoms with Crippen LogP contribution < -0.4 is 4.74 Å². The maximum absolute atomic E-state index is 12.8. The Kier molecular flexibility index (Phi) is 4.14. The van der Waals surface area contributed by atoms with E-state index in [1.165, 1.54) is 6.42 Å². The number of likely N-dealkylation sites (tertiary alicyclic amines) is 1. The quantitative estimate of drug-likeness (QED) is 0.777. The van der Waals surface area contributed by atoms with Gasteiger partial charge in [0.25, 0.3) is 0 Å². The van der Waals surface area contributed by atoms with Gasteiger partial charge in [-0.1, -0.05) is 12.2 Å². The molecule has 2 bridgehead atoms. The lowest BCUT2D eigenvalue weighted by Crippen LogP contribution is -2.45. The van der Waals surface area contributed by atoms with Crippen LogP contribution in [0, 0.1) is 17.8 Å². The molecule has 0 radical (unpaired) electrons. The van der Waals surface area contributed by atoms with Gasteiger partial charge in [-0.15, -0.1) is 10.2 Å². The minimum Gasteiger partial charge on any atom is -0.473 e. The highest BCUT2D eigenvalue weighted by Gasteiger charge is 2.42. The first-order valence-corrected chi connectivity index (χ1v) is 9.74. The summed E-state index contributed by atoms with van der Waals surface area (Å²) in [4.78, 5) is 14.9. The van der Waals surface area contributed by atoms with E-state index in [0.29, 0.717) is 29.4 Å². The molecule has 140 valence electrons. The lowest BCUT2D eigenvalue weighted by atomic mass is 9.91. The molecule has 0 N–H and O–H groups in total. The molecule has 0 aromatic carbocycles. The van der Waals surface area contributed by atoms with Crippen LogP contribution in [0.2, 0.25) is 0 Å². The summed E-state index contributed by atoms with van der Waals surface area (Å²) in [5.74, 6) is 2.83. The summed E-state index contributed by atoms with van der Waals surface area (Å²) < 4.78 is 7.64. The first-order chi connectivity index (χ1) is 13.3. The molecule has 7 nitrogen and oxygen atoms in total. The Morgan fingerprint density at radius 1 is 1.11 bits per heavy atom. The van der Waals surface area contributed by atoms with Gasteiger partial charge in [-0.3, -0.25) is 4.79 Å². The highest BCUT2D eigenvalue weighted by Crippen LogP contribution is 2.44. The zero-order valence-corrected chi connectivity index (χ0v) is 15.1. The van der Waals surface area contributed by atoms with Crippen molar-refractivity contribution in [2.45, 2.75) is 31.8 Å². The molecule has 7 heteroatoms. The summed E-state index contributed by atoms with van der Waals surface area (Å²) in [5.41, 5.74) is 0. The molecule has 3 atom stereocenters. The largest absolute Gasteiger partial charge is 0.473 e.